The Morgan fingerprint density at radius 1 is 1.15 bits per heavy atom. The number of hydrogen-bond acceptors (Lipinski definition) is 8. The monoisotopic (exact) mass is 365 g/mol. The first kappa shape index (κ1) is 15.3. The lowest BCUT2D eigenvalue weighted by molar-refractivity contribution is 0.174. The van der Waals surface area contributed by atoms with E-state index in [2.05, 4.69) is 20.1 Å². The van der Waals surface area contributed by atoms with Gasteiger partial charge >= 0.3 is 5.69 Å². The summed E-state index contributed by atoms with van der Waals surface area (Å²) >= 11 is 0. The Hall–Kier alpha value is -3.95. The molecule has 0 fully saturated rings. The molecule has 5 rings (SSSR count). The molecule has 4 heterocycles. The SMILES string of the molecule is O=c1[nH]c2cc3c(cc2c(=O)n1Cc1nc(-c2ccccn2)no1)OCO3. The van der Waals surface area contributed by atoms with Gasteiger partial charge in [-0.3, -0.25) is 14.3 Å². The van der Waals surface area contributed by atoms with Gasteiger partial charge in [0.25, 0.3) is 5.56 Å². The van der Waals surface area contributed by atoms with Crippen molar-refractivity contribution in [2.75, 3.05) is 6.79 Å². The van der Waals surface area contributed by atoms with Gasteiger partial charge in [0.1, 0.15) is 12.2 Å². The van der Waals surface area contributed by atoms with E-state index in [9.17, 15) is 9.59 Å². The fourth-order valence-corrected chi connectivity index (χ4v) is 2.84. The van der Waals surface area contributed by atoms with Gasteiger partial charge in [0.05, 0.1) is 10.9 Å². The van der Waals surface area contributed by atoms with Gasteiger partial charge in [0, 0.05) is 12.3 Å². The minimum Gasteiger partial charge on any atom is -0.454 e. The summed E-state index contributed by atoms with van der Waals surface area (Å²) in [6, 6.07) is 8.40. The Bertz CT molecular complexity index is 1270. The number of nitrogens with one attached hydrogen (secondary N) is 1. The second kappa shape index (κ2) is 5.80. The van der Waals surface area contributed by atoms with Crippen LogP contribution in [0.1, 0.15) is 5.89 Å². The predicted molar refractivity (Wildman–Crippen MR) is 91.6 cm³/mol. The van der Waals surface area contributed by atoms with Gasteiger partial charge in [-0.2, -0.15) is 4.98 Å². The summed E-state index contributed by atoms with van der Waals surface area (Å²) in [5.74, 6) is 1.32. The molecule has 3 aromatic heterocycles. The summed E-state index contributed by atoms with van der Waals surface area (Å²) < 4.78 is 16.7. The van der Waals surface area contributed by atoms with Gasteiger partial charge < -0.3 is 19.0 Å². The summed E-state index contributed by atoms with van der Waals surface area (Å²) in [6.07, 6.45) is 1.61. The Kier molecular flexibility index (Phi) is 3.29. The van der Waals surface area contributed by atoms with E-state index in [1.165, 1.54) is 0 Å². The van der Waals surface area contributed by atoms with Gasteiger partial charge in [0.2, 0.25) is 18.5 Å². The average Bonchev–Trinajstić information content (AvgIpc) is 3.33. The number of aromatic nitrogens is 5. The largest absolute Gasteiger partial charge is 0.454 e. The molecule has 10 nitrogen and oxygen atoms in total. The van der Waals surface area contributed by atoms with Crippen molar-refractivity contribution < 1.29 is 14.0 Å². The zero-order valence-electron chi connectivity index (χ0n) is 13.7. The third-order valence-corrected chi connectivity index (χ3v) is 4.13. The van der Waals surface area contributed by atoms with E-state index in [1.807, 2.05) is 0 Å². The van der Waals surface area contributed by atoms with E-state index in [0.717, 1.165) is 4.57 Å². The summed E-state index contributed by atoms with van der Waals surface area (Å²) in [4.78, 5) is 36.1. The third-order valence-electron chi connectivity index (χ3n) is 4.13. The average molecular weight is 365 g/mol. The van der Waals surface area contributed by atoms with Crippen LogP contribution >= 0.6 is 0 Å². The molecule has 0 bridgehead atoms. The number of fused-ring (bicyclic) bond motifs is 2. The van der Waals surface area contributed by atoms with E-state index in [0.29, 0.717) is 28.1 Å². The van der Waals surface area contributed by atoms with Gasteiger partial charge in [-0.05, 0) is 18.2 Å². The van der Waals surface area contributed by atoms with Crippen LogP contribution in [0.5, 0.6) is 11.5 Å². The molecule has 134 valence electrons. The predicted octanol–water partition coefficient (Wildman–Crippen LogP) is 0.912. The zero-order valence-corrected chi connectivity index (χ0v) is 13.7. The van der Waals surface area contributed by atoms with Crippen molar-refractivity contribution in [2.45, 2.75) is 6.54 Å². The van der Waals surface area contributed by atoms with Gasteiger partial charge in [-0.1, -0.05) is 11.2 Å². The topological polar surface area (TPSA) is 125 Å². The summed E-state index contributed by atoms with van der Waals surface area (Å²) in [5.41, 5.74) is -0.196. The molecule has 10 heteroatoms. The van der Waals surface area contributed by atoms with E-state index >= 15 is 0 Å². The molecule has 0 atom stereocenters. The number of rotatable bonds is 3. The second-order valence-electron chi connectivity index (χ2n) is 5.80. The Labute approximate surface area is 150 Å². The number of aromatic amines is 1. The number of H-pyrrole nitrogens is 1. The first-order valence-electron chi connectivity index (χ1n) is 7.99. The van der Waals surface area contributed by atoms with Crippen molar-refractivity contribution in [3.63, 3.8) is 0 Å². The summed E-state index contributed by atoms with van der Waals surface area (Å²) in [5, 5.41) is 4.13. The maximum absolute atomic E-state index is 12.8. The molecule has 0 amide bonds. The zero-order chi connectivity index (χ0) is 18.4. The van der Waals surface area contributed by atoms with Crippen LogP contribution < -0.4 is 20.7 Å². The van der Waals surface area contributed by atoms with Crippen LogP contribution in [-0.4, -0.2) is 31.5 Å². The van der Waals surface area contributed by atoms with Crippen LogP contribution in [0.4, 0.5) is 0 Å². The van der Waals surface area contributed by atoms with Gasteiger partial charge in [-0.25, -0.2) is 4.79 Å². The molecule has 0 saturated carbocycles. The molecule has 0 radical (unpaired) electrons. The minimum atomic E-state index is -0.594. The third kappa shape index (κ3) is 2.54. The van der Waals surface area contributed by atoms with Crippen molar-refractivity contribution in [2.24, 2.45) is 0 Å². The molecule has 4 aromatic rings. The Morgan fingerprint density at radius 2 is 2.00 bits per heavy atom. The number of hydrogen-bond donors (Lipinski definition) is 1. The van der Waals surface area contributed by atoms with E-state index in [-0.39, 0.29) is 25.1 Å². The van der Waals surface area contributed by atoms with Crippen molar-refractivity contribution >= 4 is 10.9 Å². The molecule has 1 N–H and O–H groups in total. The number of ether oxygens (including phenoxy) is 2. The lowest BCUT2D eigenvalue weighted by Gasteiger charge is -2.05. The lowest BCUT2D eigenvalue weighted by Crippen LogP contribution is -2.35. The maximum Gasteiger partial charge on any atom is 0.329 e. The minimum absolute atomic E-state index is 0.0718. The molecular weight excluding hydrogens is 354 g/mol. The quantitative estimate of drug-likeness (QED) is 0.568. The van der Waals surface area contributed by atoms with Crippen LogP contribution in [-0.2, 0) is 6.54 Å². The van der Waals surface area contributed by atoms with Crippen molar-refractivity contribution in [3.8, 4) is 23.0 Å². The van der Waals surface area contributed by atoms with Crippen molar-refractivity contribution in [3.05, 3.63) is 63.3 Å². The van der Waals surface area contributed by atoms with Crippen LogP contribution in [0.15, 0.2) is 50.6 Å². The van der Waals surface area contributed by atoms with Crippen LogP contribution in [0.25, 0.3) is 22.4 Å². The van der Waals surface area contributed by atoms with Crippen molar-refractivity contribution in [1.29, 1.82) is 0 Å². The second-order valence-corrected chi connectivity index (χ2v) is 5.80. The molecule has 1 aliphatic heterocycles. The molecular formula is C17H11N5O5. The van der Waals surface area contributed by atoms with E-state index < -0.39 is 11.2 Å². The molecule has 0 aliphatic carbocycles. The highest BCUT2D eigenvalue weighted by molar-refractivity contribution is 5.81. The number of pyridine rings is 1. The normalized spacial score (nSPS) is 12.6. The number of nitrogens with zero attached hydrogens (tertiary/aromatic N) is 4. The highest BCUT2D eigenvalue weighted by atomic mass is 16.7. The summed E-state index contributed by atoms with van der Waals surface area (Å²) in [7, 11) is 0. The summed E-state index contributed by atoms with van der Waals surface area (Å²) in [6.45, 7) is -0.0965. The van der Waals surface area contributed by atoms with Gasteiger partial charge in [0.15, 0.2) is 11.5 Å². The molecule has 0 unspecified atom stereocenters. The van der Waals surface area contributed by atoms with Crippen molar-refractivity contribution in [1.82, 2.24) is 24.7 Å². The molecule has 0 spiro atoms. The Morgan fingerprint density at radius 3 is 2.81 bits per heavy atom. The first-order chi connectivity index (χ1) is 13.2. The highest BCUT2D eigenvalue weighted by Crippen LogP contribution is 2.34. The first-order valence-corrected chi connectivity index (χ1v) is 7.99. The van der Waals surface area contributed by atoms with Crippen LogP contribution in [0.3, 0.4) is 0 Å². The molecule has 0 saturated heterocycles. The standard InChI is InChI=1S/C17H11N5O5/c23-16-9-5-12-13(26-8-25-12)6-11(9)19-17(24)22(16)7-14-20-15(21-27-14)10-3-1-2-4-18-10/h1-6H,7-8H2,(H,19,24). The fraction of sp³-hybridized carbons (Fsp3) is 0.118. The van der Waals surface area contributed by atoms with E-state index in [4.69, 9.17) is 14.0 Å². The molecule has 1 aromatic carbocycles. The number of benzene rings is 1. The smallest absolute Gasteiger partial charge is 0.329 e. The van der Waals surface area contributed by atoms with Crippen LogP contribution in [0, 0.1) is 0 Å². The Balaban J connectivity index is 1.56. The van der Waals surface area contributed by atoms with Gasteiger partial charge in [-0.15, -0.1) is 0 Å². The van der Waals surface area contributed by atoms with Crippen LogP contribution in [0.2, 0.25) is 0 Å². The molecule has 1 aliphatic rings. The maximum atomic E-state index is 12.8. The lowest BCUT2D eigenvalue weighted by atomic mass is 10.2. The fourth-order valence-electron chi connectivity index (χ4n) is 2.84. The highest BCUT2D eigenvalue weighted by Gasteiger charge is 2.19. The molecule has 27 heavy (non-hydrogen) atoms. The van der Waals surface area contributed by atoms with E-state index in [1.54, 1.807) is 36.5 Å².